The molecule has 19 heavy (non-hydrogen) atoms. The van der Waals surface area contributed by atoms with Gasteiger partial charge in [0.2, 0.25) is 0 Å². The fourth-order valence-corrected chi connectivity index (χ4v) is 2.62. The molecule has 1 amide bonds. The molecule has 4 heteroatoms. The van der Waals surface area contributed by atoms with Crippen molar-refractivity contribution in [2.24, 2.45) is 0 Å². The summed E-state index contributed by atoms with van der Waals surface area (Å²) in [4.78, 5) is 13.9. The number of carbonyl (C=O) groups excluding carboxylic acids is 1. The third-order valence-corrected chi connectivity index (χ3v) is 3.55. The second-order valence-electron chi connectivity index (χ2n) is 4.67. The van der Waals surface area contributed by atoms with E-state index in [1.807, 2.05) is 43.3 Å². The van der Waals surface area contributed by atoms with Gasteiger partial charge in [0.25, 0.3) is 5.91 Å². The molecular weight excluding hydrogens is 326 g/mol. The van der Waals surface area contributed by atoms with Crippen LogP contribution in [0.3, 0.4) is 0 Å². The van der Waals surface area contributed by atoms with Crippen LogP contribution in [-0.4, -0.2) is 29.8 Å². The number of benzene rings is 2. The Kier molecular flexibility index (Phi) is 4.48. The lowest BCUT2D eigenvalue weighted by Crippen LogP contribution is -2.31. The number of hydrogen-bond donors (Lipinski definition) is 0. The van der Waals surface area contributed by atoms with Crippen molar-refractivity contribution >= 4 is 44.2 Å². The van der Waals surface area contributed by atoms with Gasteiger partial charge >= 0.3 is 0 Å². The molecule has 2 aromatic rings. The van der Waals surface area contributed by atoms with E-state index in [-0.39, 0.29) is 11.3 Å². The van der Waals surface area contributed by atoms with Crippen molar-refractivity contribution in [1.29, 1.82) is 0 Å². The first-order valence-electron chi connectivity index (χ1n) is 6.06. The Hall–Kier alpha value is -1.06. The van der Waals surface area contributed by atoms with Gasteiger partial charge in [-0.05, 0) is 42.0 Å². The molecule has 0 fully saturated rings. The number of fused-ring (bicyclic) bond motifs is 1. The highest BCUT2D eigenvalue weighted by Gasteiger charge is 2.13. The largest absolute Gasteiger partial charge is 0.340 e. The minimum atomic E-state index is -0.0506. The smallest absolute Gasteiger partial charge is 0.253 e. The van der Waals surface area contributed by atoms with Gasteiger partial charge in [-0.3, -0.25) is 4.79 Å². The first-order chi connectivity index (χ1) is 8.97. The van der Waals surface area contributed by atoms with E-state index in [2.05, 4.69) is 15.9 Å². The van der Waals surface area contributed by atoms with Crippen molar-refractivity contribution in [3.8, 4) is 0 Å². The van der Waals surface area contributed by atoms with Crippen LogP contribution < -0.4 is 0 Å². The lowest BCUT2D eigenvalue weighted by molar-refractivity contribution is 0.0796. The van der Waals surface area contributed by atoms with Crippen LogP contribution in [0.25, 0.3) is 10.8 Å². The molecule has 0 radical (unpaired) electrons. The molecule has 0 bridgehead atoms. The second kappa shape index (κ2) is 5.93. The van der Waals surface area contributed by atoms with Gasteiger partial charge in [-0.15, -0.1) is 11.6 Å². The number of nitrogens with zero attached hydrogens (tertiary/aromatic N) is 1. The number of alkyl halides is 1. The summed E-state index contributed by atoms with van der Waals surface area (Å²) in [7, 11) is 1.77. The lowest BCUT2D eigenvalue weighted by Gasteiger charge is -2.18. The quantitative estimate of drug-likeness (QED) is 0.763. The van der Waals surface area contributed by atoms with Crippen LogP contribution in [0, 0.1) is 0 Å². The van der Waals surface area contributed by atoms with Gasteiger partial charge in [0.15, 0.2) is 0 Å². The maximum Gasteiger partial charge on any atom is 0.253 e. The summed E-state index contributed by atoms with van der Waals surface area (Å²) in [6, 6.07) is 11.7. The van der Waals surface area contributed by atoms with E-state index in [0.717, 1.165) is 15.2 Å². The van der Waals surface area contributed by atoms with E-state index >= 15 is 0 Å². The zero-order valence-electron chi connectivity index (χ0n) is 10.9. The number of carbonyl (C=O) groups is 1. The molecule has 0 saturated heterocycles. The van der Waals surface area contributed by atoms with E-state index in [4.69, 9.17) is 11.6 Å². The van der Waals surface area contributed by atoms with Crippen molar-refractivity contribution in [2.45, 2.75) is 12.3 Å². The summed E-state index contributed by atoms with van der Waals surface area (Å²) in [5.74, 6) is -0.00248. The molecule has 0 aliphatic rings. The molecule has 0 N–H and O–H groups in total. The van der Waals surface area contributed by atoms with Gasteiger partial charge in [-0.2, -0.15) is 0 Å². The van der Waals surface area contributed by atoms with E-state index in [1.54, 1.807) is 11.9 Å². The molecule has 0 aromatic heterocycles. The number of amides is 1. The molecule has 0 aliphatic carbocycles. The van der Waals surface area contributed by atoms with Gasteiger partial charge < -0.3 is 4.90 Å². The molecule has 1 atom stereocenters. The van der Waals surface area contributed by atoms with Crippen molar-refractivity contribution in [2.75, 3.05) is 13.6 Å². The molecule has 2 rings (SSSR count). The standard InChI is InChI=1S/C15H15BrClNO/c1-10(17)9-18(2)15(19)13-4-3-12-8-14(16)6-5-11(12)7-13/h3-8,10H,9H2,1-2H3. The van der Waals surface area contributed by atoms with Crippen molar-refractivity contribution in [3.63, 3.8) is 0 Å². The third-order valence-electron chi connectivity index (χ3n) is 2.92. The molecule has 2 aromatic carbocycles. The second-order valence-corrected chi connectivity index (χ2v) is 6.33. The van der Waals surface area contributed by atoms with E-state index < -0.39 is 0 Å². The molecule has 100 valence electrons. The highest BCUT2D eigenvalue weighted by atomic mass is 79.9. The highest BCUT2D eigenvalue weighted by Crippen LogP contribution is 2.21. The Morgan fingerprint density at radius 1 is 1.26 bits per heavy atom. The van der Waals surface area contributed by atoms with Crippen LogP contribution >= 0.6 is 27.5 Å². The summed E-state index contributed by atoms with van der Waals surface area (Å²) in [5, 5.41) is 2.12. The van der Waals surface area contributed by atoms with Crippen LogP contribution in [0.15, 0.2) is 40.9 Å². The average Bonchev–Trinajstić information content (AvgIpc) is 2.36. The Labute approximate surface area is 126 Å². The Morgan fingerprint density at radius 3 is 2.58 bits per heavy atom. The Balaban J connectivity index is 2.30. The summed E-state index contributed by atoms with van der Waals surface area (Å²) in [6.07, 6.45) is 0. The molecule has 1 unspecified atom stereocenters. The monoisotopic (exact) mass is 339 g/mol. The normalized spacial score (nSPS) is 12.4. The van der Waals surface area contributed by atoms with Gasteiger partial charge in [0.05, 0.1) is 0 Å². The van der Waals surface area contributed by atoms with Crippen LogP contribution in [0.4, 0.5) is 0 Å². The summed E-state index contributed by atoms with van der Waals surface area (Å²) < 4.78 is 1.03. The topological polar surface area (TPSA) is 20.3 Å². The maximum atomic E-state index is 12.2. The first-order valence-corrected chi connectivity index (χ1v) is 7.29. The van der Waals surface area contributed by atoms with Gasteiger partial charge in [0, 0.05) is 29.0 Å². The predicted molar refractivity (Wildman–Crippen MR) is 83.9 cm³/mol. The van der Waals surface area contributed by atoms with Crippen LogP contribution in [0.5, 0.6) is 0 Å². The Bertz CT molecular complexity index is 612. The molecule has 2 nitrogen and oxygen atoms in total. The zero-order valence-corrected chi connectivity index (χ0v) is 13.2. The van der Waals surface area contributed by atoms with E-state index in [9.17, 15) is 4.79 Å². The minimum Gasteiger partial charge on any atom is -0.340 e. The lowest BCUT2D eigenvalue weighted by atomic mass is 10.1. The van der Waals surface area contributed by atoms with Gasteiger partial charge in [0.1, 0.15) is 0 Å². The minimum absolute atomic E-state index is 0.00248. The molecule has 0 heterocycles. The van der Waals surface area contributed by atoms with Gasteiger partial charge in [-0.25, -0.2) is 0 Å². The fourth-order valence-electron chi connectivity index (χ4n) is 2.03. The highest BCUT2D eigenvalue weighted by molar-refractivity contribution is 9.10. The Morgan fingerprint density at radius 2 is 1.89 bits per heavy atom. The van der Waals surface area contributed by atoms with Crippen LogP contribution in [0.2, 0.25) is 0 Å². The predicted octanol–water partition coefficient (Wildman–Crippen LogP) is 4.30. The van der Waals surface area contributed by atoms with Crippen LogP contribution in [0.1, 0.15) is 17.3 Å². The van der Waals surface area contributed by atoms with E-state index in [1.165, 1.54) is 0 Å². The van der Waals surface area contributed by atoms with Crippen LogP contribution in [-0.2, 0) is 0 Å². The summed E-state index contributed by atoms with van der Waals surface area (Å²) in [6.45, 7) is 2.42. The van der Waals surface area contributed by atoms with Gasteiger partial charge in [-0.1, -0.05) is 28.1 Å². The van der Waals surface area contributed by atoms with Crippen molar-refractivity contribution < 1.29 is 4.79 Å². The molecule has 0 spiro atoms. The van der Waals surface area contributed by atoms with Crippen molar-refractivity contribution in [1.82, 2.24) is 4.90 Å². The summed E-state index contributed by atoms with van der Waals surface area (Å²) in [5.41, 5.74) is 0.689. The average molecular weight is 341 g/mol. The third kappa shape index (κ3) is 3.48. The molecular formula is C15H15BrClNO. The zero-order chi connectivity index (χ0) is 14.0. The number of hydrogen-bond acceptors (Lipinski definition) is 1. The maximum absolute atomic E-state index is 12.2. The van der Waals surface area contributed by atoms with E-state index in [0.29, 0.717) is 12.1 Å². The molecule has 0 aliphatic heterocycles. The summed E-state index contributed by atoms with van der Waals surface area (Å²) >= 11 is 9.36. The number of rotatable bonds is 3. The SMILES string of the molecule is CC(Cl)CN(C)C(=O)c1ccc2cc(Br)ccc2c1. The van der Waals surface area contributed by atoms with Crippen molar-refractivity contribution in [3.05, 3.63) is 46.4 Å². The number of halogens is 2. The first kappa shape index (κ1) is 14.4. The fraction of sp³-hybridized carbons (Fsp3) is 0.267. The molecule has 0 saturated carbocycles.